The highest BCUT2D eigenvalue weighted by Crippen LogP contribution is 2.32. The Bertz CT molecular complexity index is 758. The SMILES string of the molecule is CC(=O)N1CCCC(N2C(=O)NC3(CCN(Cc4ccccc4)CC3)C2=O)C1. The van der Waals surface area contributed by atoms with Crippen LogP contribution in [0.1, 0.15) is 38.2 Å². The van der Waals surface area contributed by atoms with Crippen molar-refractivity contribution in [1.82, 2.24) is 20.0 Å². The quantitative estimate of drug-likeness (QED) is 0.803. The molecule has 4 rings (SSSR count). The minimum atomic E-state index is -0.775. The molecule has 7 nitrogen and oxygen atoms in total. The van der Waals surface area contributed by atoms with Gasteiger partial charge in [-0.1, -0.05) is 30.3 Å². The zero-order valence-electron chi connectivity index (χ0n) is 16.4. The molecule has 150 valence electrons. The standard InChI is InChI=1S/C21H28N4O3/c1-16(26)24-11-5-8-18(15-24)25-19(27)21(22-20(25)28)9-12-23(13-10-21)14-17-6-3-2-4-7-17/h2-4,6-7,18H,5,8-15H2,1H3,(H,22,28). The average Bonchev–Trinajstić information content (AvgIpc) is 2.94. The number of imide groups is 1. The lowest BCUT2D eigenvalue weighted by atomic mass is 9.87. The van der Waals surface area contributed by atoms with Crippen molar-refractivity contribution in [3.63, 3.8) is 0 Å². The van der Waals surface area contributed by atoms with E-state index < -0.39 is 5.54 Å². The molecule has 7 heteroatoms. The third-order valence-electron chi connectivity index (χ3n) is 6.36. The molecule has 3 heterocycles. The molecular weight excluding hydrogens is 356 g/mol. The lowest BCUT2D eigenvalue weighted by Crippen LogP contribution is -2.56. The molecule has 3 fully saturated rings. The molecule has 0 saturated carbocycles. The number of likely N-dealkylation sites (tertiary alicyclic amines) is 2. The smallest absolute Gasteiger partial charge is 0.325 e. The number of hydrogen-bond donors (Lipinski definition) is 1. The van der Waals surface area contributed by atoms with Crippen LogP contribution >= 0.6 is 0 Å². The van der Waals surface area contributed by atoms with E-state index in [9.17, 15) is 14.4 Å². The Balaban J connectivity index is 1.41. The molecule has 1 aromatic rings. The van der Waals surface area contributed by atoms with Gasteiger partial charge in [0.1, 0.15) is 5.54 Å². The first-order chi connectivity index (χ1) is 13.5. The van der Waals surface area contributed by atoms with Crippen molar-refractivity contribution < 1.29 is 14.4 Å². The number of hydrogen-bond acceptors (Lipinski definition) is 4. The molecule has 4 amide bonds. The number of carbonyl (C=O) groups is 3. The number of carbonyl (C=O) groups excluding carboxylic acids is 3. The van der Waals surface area contributed by atoms with Crippen LogP contribution in [-0.4, -0.2) is 70.3 Å². The van der Waals surface area contributed by atoms with Gasteiger partial charge in [-0.25, -0.2) is 4.79 Å². The molecule has 1 unspecified atom stereocenters. The van der Waals surface area contributed by atoms with Crippen LogP contribution in [0.3, 0.4) is 0 Å². The third-order valence-corrected chi connectivity index (χ3v) is 6.36. The predicted molar refractivity (Wildman–Crippen MR) is 104 cm³/mol. The van der Waals surface area contributed by atoms with Gasteiger partial charge in [0.25, 0.3) is 5.91 Å². The van der Waals surface area contributed by atoms with E-state index in [0.29, 0.717) is 25.9 Å². The van der Waals surface area contributed by atoms with Crippen LogP contribution in [0.25, 0.3) is 0 Å². The minimum Gasteiger partial charge on any atom is -0.341 e. The van der Waals surface area contributed by atoms with E-state index in [1.54, 1.807) is 4.90 Å². The maximum Gasteiger partial charge on any atom is 0.325 e. The van der Waals surface area contributed by atoms with Gasteiger partial charge in [-0.3, -0.25) is 19.4 Å². The molecule has 0 radical (unpaired) electrons. The summed E-state index contributed by atoms with van der Waals surface area (Å²) in [4.78, 5) is 43.1. The van der Waals surface area contributed by atoms with Gasteiger partial charge in [0.15, 0.2) is 0 Å². The predicted octanol–water partition coefficient (Wildman–Crippen LogP) is 1.58. The molecule has 28 heavy (non-hydrogen) atoms. The van der Waals surface area contributed by atoms with Crippen LogP contribution in [0.5, 0.6) is 0 Å². The zero-order valence-corrected chi connectivity index (χ0v) is 16.4. The van der Waals surface area contributed by atoms with Gasteiger partial charge in [-0.05, 0) is 31.2 Å². The second kappa shape index (κ2) is 7.54. The van der Waals surface area contributed by atoms with E-state index in [0.717, 1.165) is 32.5 Å². The van der Waals surface area contributed by atoms with E-state index >= 15 is 0 Å². The summed E-state index contributed by atoms with van der Waals surface area (Å²) in [7, 11) is 0. The largest absolute Gasteiger partial charge is 0.341 e. The molecule has 3 aliphatic heterocycles. The molecule has 3 saturated heterocycles. The molecule has 3 aliphatic rings. The van der Waals surface area contributed by atoms with E-state index in [-0.39, 0.29) is 23.9 Å². The summed E-state index contributed by atoms with van der Waals surface area (Å²) >= 11 is 0. The average molecular weight is 384 g/mol. The Morgan fingerprint density at radius 2 is 1.86 bits per heavy atom. The molecule has 0 aliphatic carbocycles. The monoisotopic (exact) mass is 384 g/mol. The van der Waals surface area contributed by atoms with Gasteiger partial charge in [-0.15, -0.1) is 0 Å². The Labute approximate surface area is 165 Å². The Kier molecular flexibility index (Phi) is 5.10. The van der Waals surface area contributed by atoms with Crippen LogP contribution in [0.4, 0.5) is 4.79 Å². The van der Waals surface area contributed by atoms with Crippen LogP contribution in [0.15, 0.2) is 30.3 Å². The number of piperidine rings is 2. The fraction of sp³-hybridized carbons (Fsp3) is 0.571. The van der Waals surface area contributed by atoms with Gasteiger partial charge in [0.2, 0.25) is 5.91 Å². The lowest BCUT2D eigenvalue weighted by Gasteiger charge is -2.39. The molecule has 1 spiro atoms. The van der Waals surface area contributed by atoms with E-state index in [2.05, 4.69) is 22.3 Å². The van der Waals surface area contributed by atoms with E-state index in [1.807, 2.05) is 18.2 Å². The van der Waals surface area contributed by atoms with E-state index in [1.165, 1.54) is 17.4 Å². The number of nitrogens with zero attached hydrogens (tertiary/aromatic N) is 3. The lowest BCUT2D eigenvalue weighted by molar-refractivity contribution is -0.138. The highest BCUT2D eigenvalue weighted by molar-refractivity contribution is 6.07. The van der Waals surface area contributed by atoms with Crippen molar-refractivity contribution in [2.45, 2.75) is 50.7 Å². The van der Waals surface area contributed by atoms with Gasteiger partial charge < -0.3 is 10.2 Å². The van der Waals surface area contributed by atoms with Crippen molar-refractivity contribution in [3.05, 3.63) is 35.9 Å². The Morgan fingerprint density at radius 1 is 1.14 bits per heavy atom. The van der Waals surface area contributed by atoms with Gasteiger partial charge in [0, 0.05) is 39.6 Å². The molecule has 0 bridgehead atoms. The van der Waals surface area contributed by atoms with Crippen LogP contribution in [-0.2, 0) is 16.1 Å². The second-order valence-electron chi connectivity index (χ2n) is 8.21. The van der Waals surface area contributed by atoms with E-state index in [4.69, 9.17) is 0 Å². The van der Waals surface area contributed by atoms with Gasteiger partial charge in [0.05, 0.1) is 6.04 Å². The summed E-state index contributed by atoms with van der Waals surface area (Å²) in [5.74, 6) is -0.104. The summed E-state index contributed by atoms with van der Waals surface area (Å²) in [6.45, 7) is 5.11. The molecule has 1 atom stereocenters. The number of benzene rings is 1. The highest BCUT2D eigenvalue weighted by atomic mass is 16.2. The van der Waals surface area contributed by atoms with Crippen molar-refractivity contribution in [1.29, 1.82) is 0 Å². The van der Waals surface area contributed by atoms with Gasteiger partial charge >= 0.3 is 6.03 Å². The first-order valence-electron chi connectivity index (χ1n) is 10.2. The molecule has 1 aromatic carbocycles. The van der Waals surface area contributed by atoms with Crippen molar-refractivity contribution in [2.75, 3.05) is 26.2 Å². The van der Waals surface area contributed by atoms with Crippen LogP contribution < -0.4 is 5.32 Å². The zero-order chi connectivity index (χ0) is 19.7. The fourth-order valence-electron chi connectivity index (χ4n) is 4.70. The number of amides is 4. The minimum absolute atomic E-state index is 0.000637. The van der Waals surface area contributed by atoms with Gasteiger partial charge in [-0.2, -0.15) is 0 Å². The fourth-order valence-corrected chi connectivity index (χ4v) is 4.70. The normalized spacial score (nSPS) is 25.2. The summed E-state index contributed by atoms with van der Waals surface area (Å²) < 4.78 is 0. The maximum atomic E-state index is 13.3. The summed E-state index contributed by atoms with van der Waals surface area (Å²) in [6, 6.07) is 9.79. The Morgan fingerprint density at radius 3 is 2.54 bits per heavy atom. The summed E-state index contributed by atoms with van der Waals surface area (Å²) in [6.07, 6.45) is 2.84. The van der Waals surface area contributed by atoms with Crippen LogP contribution in [0.2, 0.25) is 0 Å². The number of urea groups is 1. The molecular formula is C21H28N4O3. The number of nitrogens with one attached hydrogen (secondary N) is 1. The second-order valence-corrected chi connectivity index (χ2v) is 8.21. The first kappa shape index (κ1) is 18.9. The summed E-state index contributed by atoms with van der Waals surface area (Å²) in [5, 5.41) is 3.00. The highest BCUT2D eigenvalue weighted by Gasteiger charge is 2.54. The summed E-state index contributed by atoms with van der Waals surface area (Å²) in [5.41, 5.74) is 0.483. The van der Waals surface area contributed by atoms with Crippen molar-refractivity contribution >= 4 is 17.8 Å². The topological polar surface area (TPSA) is 73.0 Å². The molecule has 1 N–H and O–H groups in total. The number of rotatable bonds is 3. The molecule has 0 aromatic heterocycles. The van der Waals surface area contributed by atoms with Crippen molar-refractivity contribution in [3.8, 4) is 0 Å². The Hall–Kier alpha value is -2.41. The third kappa shape index (κ3) is 3.51. The van der Waals surface area contributed by atoms with Crippen LogP contribution in [0, 0.1) is 0 Å². The first-order valence-corrected chi connectivity index (χ1v) is 10.2. The van der Waals surface area contributed by atoms with Crippen molar-refractivity contribution in [2.24, 2.45) is 0 Å². The maximum absolute atomic E-state index is 13.3.